The van der Waals surface area contributed by atoms with Crippen molar-refractivity contribution >= 4 is 40.4 Å². The van der Waals surface area contributed by atoms with E-state index in [1.165, 1.54) is 0 Å². The van der Waals surface area contributed by atoms with Crippen LogP contribution in [0.3, 0.4) is 0 Å². The number of nitrogens with zero attached hydrogens (tertiary/aromatic N) is 1. The van der Waals surface area contributed by atoms with E-state index in [0.29, 0.717) is 49.9 Å². The zero-order valence-electron chi connectivity index (χ0n) is 23.0. The van der Waals surface area contributed by atoms with Crippen molar-refractivity contribution in [3.8, 4) is 0 Å². The van der Waals surface area contributed by atoms with Crippen LogP contribution in [0.25, 0.3) is 10.9 Å². The molecule has 218 valence electrons. The molecular weight excluding hydrogens is 544 g/mol. The third-order valence-corrected chi connectivity index (χ3v) is 8.37. The first kappa shape index (κ1) is 30.1. The second kappa shape index (κ2) is 14.2. The number of benzene rings is 2. The first-order valence-electron chi connectivity index (χ1n) is 13.9. The predicted octanol–water partition coefficient (Wildman–Crippen LogP) is 2.72. The van der Waals surface area contributed by atoms with Gasteiger partial charge in [-0.3, -0.25) is 19.2 Å². The topological polar surface area (TPSA) is 150 Å². The van der Waals surface area contributed by atoms with Gasteiger partial charge < -0.3 is 20.7 Å². The molecule has 1 heterocycles. The third kappa shape index (κ3) is 7.66. The van der Waals surface area contributed by atoms with Crippen LogP contribution in [0.1, 0.15) is 43.7 Å². The average molecular weight is 581 g/mol. The van der Waals surface area contributed by atoms with E-state index in [1.54, 1.807) is 36.0 Å². The number of nitrogens with one attached hydrogen (secondary N) is 3. The number of carbonyl (C=O) groups is 3. The Kier molecular flexibility index (Phi) is 10.4. The summed E-state index contributed by atoms with van der Waals surface area (Å²) >= 11 is 1.54. The Morgan fingerprint density at radius 1 is 1.00 bits per heavy atom. The van der Waals surface area contributed by atoms with Gasteiger partial charge in [0.2, 0.25) is 11.8 Å². The Morgan fingerprint density at radius 2 is 1.68 bits per heavy atom. The van der Waals surface area contributed by atoms with Crippen LogP contribution in [0, 0.1) is 11.8 Å². The highest BCUT2D eigenvalue weighted by atomic mass is 32.2. The van der Waals surface area contributed by atoms with Crippen molar-refractivity contribution < 1.29 is 19.5 Å². The standard InChI is InChI=1S/C30H36N4O6S/c1-41-16-15-24(26(35)31-18-20-11-13-21(14-12-20)29(38)39)32-27(36)25(17-19-7-3-2-4-8-19)34-28(37)22-9-5-6-10-23(22)33-30(34)40/h2-10,20-21,24-25H,11-18H2,1H3,(H,31,35)(H,32,36)(H,33,40)(H,38,39)/t20?,21?,24-,25-/m0/s1. The predicted molar refractivity (Wildman–Crippen MR) is 159 cm³/mol. The second-order valence-corrected chi connectivity index (χ2v) is 11.5. The van der Waals surface area contributed by atoms with Gasteiger partial charge in [-0.05, 0) is 67.7 Å². The van der Waals surface area contributed by atoms with E-state index in [9.17, 15) is 29.1 Å². The number of carboxylic acid groups (broad SMARTS) is 1. The van der Waals surface area contributed by atoms with E-state index in [-0.39, 0.29) is 29.6 Å². The highest BCUT2D eigenvalue weighted by Crippen LogP contribution is 2.28. The zero-order chi connectivity index (χ0) is 29.4. The Balaban J connectivity index is 1.55. The maximum atomic E-state index is 13.8. The van der Waals surface area contributed by atoms with Crippen LogP contribution < -0.4 is 21.9 Å². The normalized spacial score (nSPS) is 18.4. The van der Waals surface area contributed by atoms with Crippen molar-refractivity contribution in [2.45, 2.75) is 50.6 Å². The molecule has 0 aliphatic heterocycles. The number of hydrogen-bond donors (Lipinski definition) is 4. The monoisotopic (exact) mass is 580 g/mol. The largest absolute Gasteiger partial charge is 0.481 e. The van der Waals surface area contributed by atoms with Crippen molar-refractivity contribution in [3.63, 3.8) is 0 Å². The number of thioether (sulfide) groups is 1. The van der Waals surface area contributed by atoms with Gasteiger partial charge in [-0.15, -0.1) is 0 Å². The highest BCUT2D eigenvalue weighted by Gasteiger charge is 2.31. The van der Waals surface area contributed by atoms with Crippen molar-refractivity contribution in [1.29, 1.82) is 0 Å². The number of carboxylic acids is 1. The van der Waals surface area contributed by atoms with Gasteiger partial charge in [0.05, 0.1) is 16.8 Å². The minimum absolute atomic E-state index is 0.0810. The molecule has 0 radical (unpaired) electrons. The molecule has 41 heavy (non-hydrogen) atoms. The minimum atomic E-state index is -1.19. The number of aromatic nitrogens is 2. The molecule has 1 saturated carbocycles. The maximum Gasteiger partial charge on any atom is 0.329 e. The maximum absolute atomic E-state index is 13.8. The number of carbonyl (C=O) groups excluding carboxylic acids is 2. The van der Waals surface area contributed by atoms with E-state index in [4.69, 9.17) is 0 Å². The van der Waals surface area contributed by atoms with Crippen LogP contribution in [0.15, 0.2) is 64.2 Å². The summed E-state index contributed by atoms with van der Waals surface area (Å²) in [4.78, 5) is 67.6. The van der Waals surface area contributed by atoms with Crippen molar-refractivity contribution in [2.24, 2.45) is 11.8 Å². The molecule has 4 rings (SSSR count). The first-order chi connectivity index (χ1) is 19.8. The Morgan fingerprint density at radius 3 is 2.37 bits per heavy atom. The lowest BCUT2D eigenvalue weighted by molar-refractivity contribution is -0.143. The summed E-state index contributed by atoms with van der Waals surface area (Å²) in [5.74, 6) is -1.26. The summed E-state index contributed by atoms with van der Waals surface area (Å²) in [6.45, 7) is 0.397. The Bertz CT molecular complexity index is 1480. The molecule has 1 fully saturated rings. The average Bonchev–Trinajstić information content (AvgIpc) is 2.98. The molecule has 0 unspecified atom stereocenters. The van der Waals surface area contributed by atoms with Crippen LogP contribution in [-0.4, -0.2) is 57.0 Å². The molecular formula is C30H36N4O6S. The molecule has 1 aliphatic carbocycles. The lowest BCUT2D eigenvalue weighted by Gasteiger charge is -2.27. The van der Waals surface area contributed by atoms with Gasteiger partial charge in [0.25, 0.3) is 5.56 Å². The first-order valence-corrected chi connectivity index (χ1v) is 15.2. The van der Waals surface area contributed by atoms with E-state index in [2.05, 4.69) is 15.6 Å². The van der Waals surface area contributed by atoms with E-state index in [1.807, 2.05) is 36.6 Å². The number of aliphatic carboxylic acids is 1. The smallest absolute Gasteiger partial charge is 0.329 e. The van der Waals surface area contributed by atoms with Crippen LogP contribution in [0.2, 0.25) is 0 Å². The van der Waals surface area contributed by atoms with E-state index >= 15 is 0 Å². The van der Waals surface area contributed by atoms with Gasteiger partial charge in [0.15, 0.2) is 0 Å². The summed E-state index contributed by atoms with van der Waals surface area (Å²) in [6.07, 6.45) is 4.95. The van der Waals surface area contributed by atoms with Crippen LogP contribution in [-0.2, 0) is 20.8 Å². The highest BCUT2D eigenvalue weighted by molar-refractivity contribution is 7.98. The van der Waals surface area contributed by atoms with Crippen molar-refractivity contribution in [3.05, 3.63) is 81.0 Å². The number of aromatic amines is 1. The molecule has 2 atom stereocenters. The van der Waals surface area contributed by atoms with Gasteiger partial charge in [-0.25, -0.2) is 9.36 Å². The van der Waals surface area contributed by atoms with E-state index in [0.717, 1.165) is 10.1 Å². The van der Waals surface area contributed by atoms with Crippen molar-refractivity contribution in [1.82, 2.24) is 20.2 Å². The molecule has 2 amide bonds. The minimum Gasteiger partial charge on any atom is -0.481 e. The Labute approximate surface area is 241 Å². The molecule has 0 saturated heterocycles. The van der Waals surface area contributed by atoms with E-state index < -0.39 is 35.2 Å². The summed E-state index contributed by atoms with van der Waals surface area (Å²) in [6, 6.07) is 13.7. The molecule has 4 N–H and O–H groups in total. The van der Waals surface area contributed by atoms with Crippen LogP contribution >= 0.6 is 11.8 Å². The van der Waals surface area contributed by atoms with Gasteiger partial charge in [-0.1, -0.05) is 42.5 Å². The van der Waals surface area contributed by atoms with Gasteiger partial charge >= 0.3 is 11.7 Å². The second-order valence-electron chi connectivity index (χ2n) is 10.5. The quantitative estimate of drug-likeness (QED) is 0.257. The summed E-state index contributed by atoms with van der Waals surface area (Å²) < 4.78 is 0.940. The fourth-order valence-electron chi connectivity index (χ4n) is 5.35. The summed E-state index contributed by atoms with van der Waals surface area (Å²) in [5, 5.41) is 15.3. The fourth-order valence-corrected chi connectivity index (χ4v) is 5.82. The third-order valence-electron chi connectivity index (χ3n) is 7.73. The number of hydrogen-bond acceptors (Lipinski definition) is 6. The number of rotatable bonds is 12. The molecule has 1 aromatic heterocycles. The molecule has 3 aromatic rings. The van der Waals surface area contributed by atoms with Crippen LogP contribution in [0.4, 0.5) is 0 Å². The molecule has 1 aliphatic rings. The fraction of sp³-hybridized carbons (Fsp3) is 0.433. The lowest BCUT2D eigenvalue weighted by Crippen LogP contribution is -2.52. The molecule has 0 bridgehead atoms. The molecule has 10 nitrogen and oxygen atoms in total. The van der Waals surface area contributed by atoms with Gasteiger partial charge in [-0.2, -0.15) is 11.8 Å². The number of para-hydroxylation sites is 1. The SMILES string of the molecule is CSCC[C@H](NC(=O)[C@H](Cc1ccccc1)n1c(=O)[nH]c2ccccc2c1=O)C(=O)NCC1CCC(C(=O)O)CC1. The Hall–Kier alpha value is -3.86. The summed E-state index contributed by atoms with van der Waals surface area (Å²) in [5.41, 5.74) is -0.143. The molecule has 0 spiro atoms. The number of fused-ring (bicyclic) bond motifs is 1. The van der Waals surface area contributed by atoms with Crippen LogP contribution in [0.5, 0.6) is 0 Å². The molecule has 2 aromatic carbocycles. The van der Waals surface area contributed by atoms with Gasteiger partial charge in [0, 0.05) is 13.0 Å². The van der Waals surface area contributed by atoms with Crippen molar-refractivity contribution in [2.75, 3.05) is 18.6 Å². The van der Waals surface area contributed by atoms with Gasteiger partial charge in [0.1, 0.15) is 12.1 Å². The zero-order valence-corrected chi connectivity index (χ0v) is 23.8. The number of amides is 2. The number of H-pyrrole nitrogens is 1. The summed E-state index contributed by atoms with van der Waals surface area (Å²) in [7, 11) is 0. The lowest BCUT2D eigenvalue weighted by atomic mass is 9.82. The molecule has 11 heteroatoms.